The lowest BCUT2D eigenvalue weighted by atomic mass is 9.98. The maximum absolute atomic E-state index is 6.00. The number of nitrogens with one attached hydrogen (secondary N) is 1. The number of pyridine rings is 1. The van der Waals surface area contributed by atoms with Crippen molar-refractivity contribution in [2.24, 2.45) is 4.99 Å². The molecule has 152 valence electrons. The molecule has 1 aromatic heterocycles. The monoisotopic (exact) mass is 487 g/mol. The molecule has 6 nitrogen and oxygen atoms in total. The molecule has 0 unspecified atom stereocenters. The highest BCUT2D eigenvalue weighted by Gasteiger charge is 2.20. The van der Waals surface area contributed by atoms with Crippen molar-refractivity contribution >= 4 is 35.8 Å². The summed E-state index contributed by atoms with van der Waals surface area (Å²) in [6.45, 7) is 5.65. The van der Waals surface area contributed by atoms with Crippen LogP contribution in [0.5, 0.6) is 0 Å². The molecule has 0 amide bonds. The van der Waals surface area contributed by atoms with Crippen molar-refractivity contribution < 1.29 is 4.74 Å². The molecule has 2 fully saturated rings. The first-order valence-corrected chi connectivity index (χ1v) is 10.1. The molecule has 0 atom stereocenters. The normalized spacial score (nSPS) is 18.9. The van der Waals surface area contributed by atoms with Crippen LogP contribution in [-0.4, -0.2) is 68.3 Å². The number of hydrogen-bond acceptors (Lipinski definition) is 4. The van der Waals surface area contributed by atoms with Crippen LogP contribution in [0.4, 0.5) is 5.82 Å². The Bertz CT molecular complexity index is 543. The fourth-order valence-corrected chi connectivity index (χ4v) is 3.77. The first-order chi connectivity index (χ1) is 12.9. The van der Waals surface area contributed by atoms with Crippen molar-refractivity contribution in [2.75, 3.05) is 51.3 Å². The van der Waals surface area contributed by atoms with Gasteiger partial charge >= 0.3 is 0 Å². The molecule has 2 heterocycles. The Morgan fingerprint density at radius 2 is 1.96 bits per heavy atom. The number of anilines is 1. The smallest absolute Gasteiger partial charge is 0.193 e. The molecule has 1 aliphatic heterocycles. The molecule has 1 aliphatic carbocycles. The summed E-state index contributed by atoms with van der Waals surface area (Å²) in [4.78, 5) is 13.6. The Morgan fingerprint density at radius 1 is 1.19 bits per heavy atom. The van der Waals surface area contributed by atoms with Gasteiger partial charge < -0.3 is 19.9 Å². The molecule has 0 spiro atoms. The van der Waals surface area contributed by atoms with Crippen molar-refractivity contribution in [1.29, 1.82) is 0 Å². The number of halogens is 1. The third-order valence-electron chi connectivity index (χ3n) is 5.27. The maximum Gasteiger partial charge on any atom is 0.193 e. The van der Waals surface area contributed by atoms with Crippen LogP contribution >= 0.6 is 24.0 Å². The van der Waals surface area contributed by atoms with Crippen LogP contribution in [0.2, 0.25) is 0 Å². The molecule has 1 N–H and O–H groups in total. The molecular formula is C20H34IN5O. The van der Waals surface area contributed by atoms with Crippen molar-refractivity contribution in [2.45, 2.75) is 44.6 Å². The number of aromatic nitrogens is 1. The van der Waals surface area contributed by atoms with Crippen LogP contribution in [0.3, 0.4) is 0 Å². The molecular weight excluding hydrogens is 453 g/mol. The van der Waals surface area contributed by atoms with Gasteiger partial charge in [0.2, 0.25) is 0 Å². The van der Waals surface area contributed by atoms with Gasteiger partial charge in [0, 0.05) is 52.6 Å². The van der Waals surface area contributed by atoms with Gasteiger partial charge in [-0.2, -0.15) is 0 Å². The number of guanidine groups is 1. The second-order valence-electron chi connectivity index (χ2n) is 7.12. The third kappa shape index (κ3) is 7.10. The zero-order valence-electron chi connectivity index (χ0n) is 16.5. The van der Waals surface area contributed by atoms with E-state index in [9.17, 15) is 0 Å². The molecule has 0 bridgehead atoms. The fourth-order valence-electron chi connectivity index (χ4n) is 3.77. The lowest BCUT2D eigenvalue weighted by Crippen LogP contribution is -2.52. The predicted octanol–water partition coefficient (Wildman–Crippen LogP) is 3.14. The van der Waals surface area contributed by atoms with Gasteiger partial charge in [0.15, 0.2) is 5.96 Å². The summed E-state index contributed by atoms with van der Waals surface area (Å²) in [7, 11) is 1.87. The lowest BCUT2D eigenvalue weighted by molar-refractivity contribution is 0.0276. The highest BCUT2D eigenvalue weighted by molar-refractivity contribution is 14.0. The van der Waals surface area contributed by atoms with Gasteiger partial charge in [0.1, 0.15) is 5.82 Å². The van der Waals surface area contributed by atoms with Gasteiger partial charge in [0.25, 0.3) is 0 Å². The molecule has 1 saturated heterocycles. The minimum atomic E-state index is 0. The van der Waals surface area contributed by atoms with Crippen LogP contribution in [-0.2, 0) is 4.74 Å². The average Bonchev–Trinajstić information content (AvgIpc) is 2.72. The fraction of sp³-hybridized carbons (Fsp3) is 0.700. The summed E-state index contributed by atoms with van der Waals surface area (Å²) < 4.78 is 6.00. The van der Waals surface area contributed by atoms with Gasteiger partial charge in [-0.25, -0.2) is 4.98 Å². The SMILES string of the molecule is CN=C(NCCCOC1CCCCC1)N1CCN(c2ccccn2)CC1.I. The van der Waals surface area contributed by atoms with Crippen LogP contribution in [0.1, 0.15) is 38.5 Å². The van der Waals surface area contributed by atoms with E-state index >= 15 is 0 Å². The van der Waals surface area contributed by atoms with E-state index in [0.717, 1.165) is 57.5 Å². The van der Waals surface area contributed by atoms with Gasteiger partial charge in [0.05, 0.1) is 6.10 Å². The molecule has 0 aromatic carbocycles. The zero-order chi connectivity index (χ0) is 18.0. The summed E-state index contributed by atoms with van der Waals surface area (Å²) in [5, 5.41) is 3.49. The van der Waals surface area contributed by atoms with Crippen molar-refractivity contribution in [3.63, 3.8) is 0 Å². The molecule has 27 heavy (non-hydrogen) atoms. The predicted molar refractivity (Wildman–Crippen MR) is 122 cm³/mol. The van der Waals surface area contributed by atoms with Crippen LogP contribution in [0.25, 0.3) is 0 Å². The number of nitrogens with zero attached hydrogens (tertiary/aromatic N) is 4. The minimum absolute atomic E-state index is 0. The van der Waals surface area contributed by atoms with Gasteiger partial charge in [-0.05, 0) is 31.4 Å². The number of ether oxygens (including phenoxy) is 1. The average molecular weight is 487 g/mol. The number of hydrogen-bond donors (Lipinski definition) is 1. The lowest BCUT2D eigenvalue weighted by Gasteiger charge is -2.37. The van der Waals surface area contributed by atoms with Gasteiger partial charge in [-0.1, -0.05) is 25.3 Å². The molecule has 0 radical (unpaired) electrons. The summed E-state index contributed by atoms with van der Waals surface area (Å²) in [5.41, 5.74) is 0. The van der Waals surface area contributed by atoms with Crippen LogP contribution < -0.4 is 10.2 Å². The summed E-state index contributed by atoms with van der Waals surface area (Å²) in [6.07, 6.45) is 9.93. The van der Waals surface area contributed by atoms with Crippen molar-refractivity contribution in [3.05, 3.63) is 24.4 Å². The molecule has 2 aliphatic rings. The summed E-state index contributed by atoms with van der Waals surface area (Å²) >= 11 is 0. The van der Waals surface area contributed by atoms with E-state index in [2.05, 4.69) is 31.2 Å². The number of aliphatic imine (C=N–C) groups is 1. The third-order valence-corrected chi connectivity index (χ3v) is 5.27. The van der Waals surface area contributed by atoms with Crippen LogP contribution in [0.15, 0.2) is 29.4 Å². The van der Waals surface area contributed by atoms with E-state index < -0.39 is 0 Å². The Labute approximate surface area is 180 Å². The van der Waals surface area contributed by atoms with Gasteiger partial charge in [-0.3, -0.25) is 4.99 Å². The van der Waals surface area contributed by atoms with Gasteiger partial charge in [-0.15, -0.1) is 24.0 Å². The standard InChI is InChI=1S/C20H33N5O.HI/c1-21-20(23-12-7-17-26-18-8-3-2-4-9-18)25-15-13-24(14-16-25)19-10-5-6-11-22-19;/h5-6,10-11,18H,2-4,7-9,12-17H2,1H3,(H,21,23);1H. The van der Waals surface area contributed by atoms with Crippen LogP contribution in [0, 0.1) is 0 Å². The number of piperazine rings is 1. The first-order valence-electron chi connectivity index (χ1n) is 10.1. The highest BCUT2D eigenvalue weighted by atomic mass is 127. The molecule has 1 aromatic rings. The Hall–Kier alpha value is -1.09. The maximum atomic E-state index is 6.00. The van der Waals surface area contributed by atoms with E-state index in [0.29, 0.717) is 6.10 Å². The van der Waals surface area contributed by atoms with E-state index in [-0.39, 0.29) is 24.0 Å². The first kappa shape index (κ1) is 22.2. The van der Waals surface area contributed by atoms with E-state index in [1.165, 1.54) is 32.1 Å². The second-order valence-corrected chi connectivity index (χ2v) is 7.12. The quantitative estimate of drug-likeness (QED) is 0.289. The number of rotatable bonds is 6. The van der Waals surface area contributed by atoms with Crippen molar-refractivity contribution in [1.82, 2.24) is 15.2 Å². The van der Waals surface area contributed by atoms with E-state index in [1.807, 2.05) is 25.4 Å². The summed E-state index contributed by atoms with van der Waals surface area (Å²) in [5.74, 6) is 2.07. The largest absolute Gasteiger partial charge is 0.378 e. The Kier molecular flexibility index (Phi) is 10.2. The van der Waals surface area contributed by atoms with Crippen molar-refractivity contribution in [3.8, 4) is 0 Å². The highest BCUT2D eigenvalue weighted by Crippen LogP contribution is 2.20. The minimum Gasteiger partial charge on any atom is -0.378 e. The topological polar surface area (TPSA) is 53.0 Å². The molecule has 7 heteroatoms. The second kappa shape index (κ2) is 12.4. The summed E-state index contributed by atoms with van der Waals surface area (Å²) in [6, 6.07) is 6.09. The zero-order valence-corrected chi connectivity index (χ0v) is 18.8. The molecule has 1 saturated carbocycles. The Morgan fingerprint density at radius 3 is 2.63 bits per heavy atom. The Balaban J connectivity index is 0.00000261. The molecule has 3 rings (SSSR count). The van der Waals surface area contributed by atoms with E-state index in [4.69, 9.17) is 4.74 Å². The van der Waals surface area contributed by atoms with E-state index in [1.54, 1.807) is 0 Å².